The van der Waals surface area contributed by atoms with Crippen molar-refractivity contribution >= 4 is 5.69 Å². The van der Waals surface area contributed by atoms with E-state index in [4.69, 9.17) is 11.3 Å². The zero-order valence-electron chi connectivity index (χ0n) is 20.3. The molecule has 5 rings (SSSR count). The summed E-state index contributed by atoms with van der Waals surface area (Å²) in [6, 6.07) is 13.1. The Bertz CT molecular complexity index is 999. The Morgan fingerprint density at radius 1 is 0.971 bits per heavy atom. The summed E-state index contributed by atoms with van der Waals surface area (Å²) in [5.41, 5.74) is 3.64. The normalized spacial score (nSPS) is 24.0. The average Bonchev–Trinajstić information content (AvgIpc) is 3.43. The van der Waals surface area contributed by atoms with Crippen LogP contribution >= 0.6 is 0 Å². The predicted octanol–water partition coefficient (Wildman–Crippen LogP) is 7.32. The van der Waals surface area contributed by atoms with Gasteiger partial charge < -0.3 is 9.64 Å². The molecular weight excluding hydrogens is 423 g/mol. The minimum absolute atomic E-state index is 0.0517. The van der Waals surface area contributed by atoms with Crippen LogP contribution < -0.4 is 4.74 Å². The quantitative estimate of drug-likeness (QED) is 0.318. The summed E-state index contributed by atoms with van der Waals surface area (Å²) in [5.74, 6) is 2.19. The Kier molecular flexibility index (Phi) is 7.21. The second kappa shape index (κ2) is 10.5. The van der Waals surface area contributed by atoms with Gasteiger partial charge in [0.1, 0.15) is 11.6 Å². The first-order chi connectivity index (χ1) is 16.7. The fourth-order valence-electron chi connectivity index (χ4n) is 7.30. The summed E-state index contributed by atoms with van der Waals surface area (Å²) in [6.07, 6.45) is 12.4. The van der Waals surface area contributed by atoms with Crippen LogP contribution in [-0.2, 0) is 11.8 Å². The fraction of sp³-hybridized carbons (Fsp3) is 0.567. The summed E-state index contributed by atoms with van der Waals surface area (Å²) in [7, 11) is 0. The van der Waals surface area contributed by atoms with E-state index in [2.05, 4.69) is 15.8 Å². The van der Waals surface area contributed by atoms with Crippen molar-refractivity contribution in [2.75, 3.05) is 26.2 Å². The van der Waals surface area contributed by atoms with Crippen molar-refractivity contribution < 1.29 is 9.13 Å². The van der Waals surface area contributed by atoms with Gasteiger partial charge in [0.05, 0.1) is 13.2 Å². The zero-order chi connectivity index (χ0) is 23.4. The van der Waals surface area contributed by atoms with Crippen LogP contribution in [0.1, 0.15) is 68.9 Å². The number of piperidine rings is 1. The van der Waals surface area contributed by atoms with Gasteiger partial charge in [0.25, 0.3) is 0 Å². The molecule has 0 amide bonds. The van der Waals surface area contributed by atoms with E-state index in [0.717, 1.165) is 44.1 Å². The fourth-order valence-corrected chi connectivity index (χ4v) is 7.30. The minimum Gasteiger partial charge on any atom is -0.494 e. The molecule has 0 aromatic heterocycles. The maximum Gasteiger partial charge on any atom is 0.187 e. The van der Waals surface area contributed by atoms with Crippen LogP contribution in [0.2, 0.25) is 0 Å². The van der Waals surface area contributed by atoms with Gasteiger partial charge in [0.2, 0.25) is 0 Å². The van der Waals surface area contributed by atoms with Gasteiger partial charge in [-0.05, 0) is 112 Å². The summed E-state index contributed by atoms with van der Waals surface area (Å²) in [5, 5.41) is 0. The Morgan fingerprint density at radius 3 is 2.44 bits per heavy atom. The summed E-state index contributed by atoms with van der Waals surface area (Å²) < 4.78 is 20.3. The van der Waals surface area contributed by atoms with Crippen LogP contribution in [0.3, 0.4) is 0 Å². The van der Waals surface area contributed by atoms with Crippen molar-refractivity contribution in [3.63, 3.8) is 0 Å². The third kappa shape index (κ3) is 4.73. The van der Waals surface area contributed by atoms with E-state index < -0.39 is 0 Å². The van der Waals surface area contributed by atoms with E-state index in [9.17, 15) is 4.39 Å². The molecule has 1 saturated carbocycles. The molecule has 0 spiro atoms. The number of likely N-dealkylation sites (tertiary alicyclic amines) is 1. The number of nitrogens with zero attached hydrogens (tertiary/aromatic N) is 2. The molecular formula is C30H37FN2O. The third-order valence-corrected chi connectivity index (χ3v) is 8.86. The van der Waals surface area contributed by atoms with Crippen LogP contribution in [-0.4, -0.2) is 31.1 Å². The van der Waals surface area contributed by atoms with Gasteiger partial charge in [-0.15, -0.1) is 0 Å². The molecule has 3 aliphatic rings. The molecule has 0 radical (unpaired) electrons. The molecule has 2 fully saturated rings. The Balaban J connectivity index is 1.20. The number of fused-ring (bicyclic) bond motifs is 1. The summed E-state index contributed by atoms with van der Waals surface area (Å²) >= 11 is 0. The third-order valence-electron chi connectivity index (χ3n) is 8.86. The van der Waals surface area contributed by atoms with Crippen LogP contribution in [0.4, 0.5) is 10.1 Å². The summed E-state index contributed by atoms with van der Waals surface area (Å²) in [6.45, 7) is 11.1. The van der Waals surface area contributed by atoms with Crippen LogP contribution in [0, 0.1) is 24.2 Å². The molecule has 1 atom stereocenters. The van der Waals surface area contributed by atoms with E-state index >= 15 is 0 Å². The largest absolute Gasteiger partial charge is 0.494 e. The molecule has 34 heavy (non-hydrogen) atoms. The van der Waals surface area contributed by atoms with E-state index in [1.165, 1.54) is 62.5 Å². The van der Waals surface area contributed by atoms with Gasteiger partial charge in [-0.2, -0.15) is 0 Å². The number of ether oxygens (including phenoxy) is 1. The highest BCUT2D eigenvalue weighted by Crippen LogP contribution is 2.55. The molecule has 180 valence electrons. The minimum atomic E-state index is -0.0517. The second-order valence-electron chi connectivity index (χ2n) is 10.6. The monoisotopic (exact) mass is 460 g/mol. The van der Waals surface area contributed by atoms with Gasteiger partial charge >= 0.3 is 0 Å². The Labute approximate surface area is 204 Å². The Morgan fingerprint density at radius 2 is 1.71 bits per heavy atom. The van der Waals surface area contributed by atoms with E-state index in [1.54, 1.807) is 6.07 Å². The smallest absolute Gasteiger partial charge is 0.187 e. The lowest BCUT2D eigenvalue weighted by Gasteiger charge is -2.52. The summed E-state index contributed by atoms with van der Waals surface area (Å²) in [4.78, 5) is 6.02. The number of hydrogen-bond acceptors (Lipinski definition) is 2. The average molecular weight is 461 g/mol. The molecule has 0 N–H and O–H groups in total. The zero-order valence-corrected chi connectivity index (χ0v) is 20.3. The molecule has 0 bridgehead atoms. The van der Waals surface area contributed by atoms with Crippen LogP contribution in [0.15, 0.2) is 42.5 Å². The molecule has 2 aromatic rings. The van der Waals surface area contributed by atoms with Crippen molar-refractivity contribution in [2.45, 2.75) is 69.6 Å². The van der Waals surface area contributed by atoms with E-state index in [1.807, 2.05) is 30.3 Å². The first kappa shape index (κ1) is 23.4. The lowest BCUT2D eigenvalue weighted by Crippen LogP contribution is -2.49. The highest BCUT2D eigenvalue weighted by molar-refractivity contribution is 5.47. The van der Waals surface area contributed by atoms with E-state index in [0.29, 0.717) is 18.2 Å². The number of halogens is 1. The second-order valence-corrected chi connectivity index (χ2v) is 10.6. The maximum absolute atomic E-state index is 14.5. The molecule has 3 nitrogen and oxygen atoms in total. The van der Waals surface area contributed by atoms with Gasteiger partial charge in [0.15, 0.2) is 5.69 Å². The van der Waals surface area contributed by atoms with E-state index in [-0.39, 0.29) is 11.2 Å². The highest BCUT2D eigenvalue weighted by atomic mass is 19.1. The van der Waals surface area contributed by atoms with Crippen molar-refractivity contribution in [1.82, 2.24) is 4.90 Å². The SMILES string of the molecule is [C-]#[N+]c1ccc(OCCCN2CCC(C3(C4CCCC4)CCCc4ccc(F)cc43)CC2)cc1. The van der Waals surface area contributed by atoms with Gasteiger partial charge in [-0.25, -0.2) is 9.24 Å². The van der Waals surface area contributed by atoms with Crippen molar-refractivity contribution in [1.29, 1.82) is 0 Å². The molecule has 1 heterocycles. The maximum atomic E-state index is 14.5. The number of rotatable bonds is 7. The van der Waals surface area contributed by atoms with Gasteiger partial charge in [0, 0.05) is 12.0 Å². The molecule has 4 heteroatoms. The molecule has 1 saturated heterocycles. The molecule has 2 aromatic carbocycles. The first-order valence-corrected chi connectivity index (χ1v) is 13.3. The topological polar surface area (TPSA) is 16.8 Å². The molecule has 2 aliphatic carbocycles. The van der Waals surface area contributed by atoms with Gasteiger partial charge in [-0.1, -0.05) is 31.0 Å². The molecule has 1 aliphatic heterocycles. The van der Waals surface area contributed by atoms with Gasteiger partial charge in [-0.3, -0.25) is 0 Å². The number of aryl methyl sites for hydroxylation is 1. The Hall–Kier alpha value is -2.38. The lowest BCUT2D eigenvalue weighted by atomic mass is 9.54. The molecule has 1 unspecified atom stereocenters. The number of hydrogen-bond donors (Lipinski definition) is 0. The van der Waals surface area contributed by atoms with Crippen LogP contribution in [0.5, 0.6) is 5.75 Å². The first-order valence-electron chi connectivity index (χ1n) is 13.3. The van der Waals surface area contributed by atoms with Crippen molar-refractivity contribution in [2.24, 2.45) is 11.8 Å². The van der Waals surface area contributed by atoms with Crippen molar-refractivity contribution in [3.05, 3.63) is 70.8 Å². The standard InChI is InChI=1S/C30H37FN2O/c1-32-27-11-13-28(14-12-27)34-21-5-18-33-19-15-25(16-20-33)30(24-7-2-3-8-24)17-4-6-23-9-10-26(31)22-29(23)30/h9-14,22,24-25H,2-8,15-21H2. The van der Waals surface area contributed by atoms with Crippen LogP contribution in [0.25, 0.3) is 4.85 Å². The highest BCUT2D eigenvalue weighted by Gasteiger charge is 2.49. The van der Waals surface area contributed by atoms with Crippen molar-refractivity contribution in [3.8, 4) is 5.75 Å². The number of benzene rings is 2. The predicted molar refractivity (Wildman–Crippen MR) is 135 cm³/mol. The lowest BCUT2D eigenvalue weighted by molar-refractivity contribution is 0.0710.